The van der Waals surface area contributed by atoms with Crippen molar-refractivity contribution >= 4 is 35.0 Å². The summed E-state index contributed by atoms with van der Waals surface area (Å²) in [6.45, 7) is 10.2. The Balaban J connectivity index is 1.49. The number of nitrogens with zero attached hydrogens (tertiary/aromatic N) is 3. The van der Waals surface area contributed by atoms with E-state index in [9.17, 15) is 9.90 Å². The fourth-order valence-electron chi connectivity index (χ4n) is 8.29. The Morgan fingerprint density at radius 1 is 0.979 bits per heavy atom. The molecular weight excluding hydrogens is 626 g/mol. The lowest BCUT2D eigenvalue weighted by atomic mass is 9.64. The van der Waals surface area contributed by atoms with Gasteiger partial charge in [-0.1, -0.05) is 91.3 Å². The van der Waals surface area contributed by atoms with Crippen LogP contribution in [0.3, 0.4) is 0 Å². The lowest BCUT2D eigenvalue weighted by Gasteiger charge is -2.39. The molecule has 3 aromatic carbocycles. The minimum absolute atomic E-state index is 0.167. The highest BCUT2D eigenvalue weighted by Crippen LogP contribution is 2.65. The van der Waals surface area contributed by atoms with E-state index in [1.54, 1.807) is 46.2 Å². The molecular formula is C39H42ClN3O5. The largest absolute Gasteiger partial charge is 0.394 e. The minimum atomic E-state index is -1.29. The number of ether oxygens (including phenoxy) is 1. The quantitative estimate of drug-likeness (QED) is 0.227. The van der Waals surface area contributed by atoms with Crippen LogP contribution in [0.5, 0.6) is 0 Å². The van der Waals surface area contributed by atoms with Crippen molar-refractivity contribution in [3.8, 4) is 0 Å². The van der Waals surface area contributed by atoms with Gasteiger partial charge < -0.3 is 24.5 Å². The van der Waals surface area contributed by atoms with E-state index < -0.39 is 41.7 Å². The number of carbonyl (C=O) groups excluding carboxylic acids is 3. The number of aliphatic hydroxyl groups is 1. The molecule has 3 amide bonds. The van der Waals surface area contributed by atoms with Gasteiger partial charge in [-0.2, -0.15) is 0 Å². The van der Waals surface area contributed by atoms with E-state index in [0.29, 0.717) is 42.1 Å². The number of benzene rings is 3. The topological polar surface area (TPSA) is 90.4 Å². The molecule has 8 nitrogen and oxygen atoms in total. The number of hydrogen-bond donors (Lipinski definition) is 1. The van der Waals surface area contributed by atoms with E-state index in [1.807, 2.05) is 67.6 Å². The molecule has 9 heteroatoms. The second kappa shape index (κ2) is 13.7. The van der Waals surface area contributed by atoms with Crippen LogP contribution < -0.4 is 4.90 Å². The molecule has 2 unspecified atom stereocenters. The molecule has 48 heavy (non-hydrogen) atoms. The summed E-state index contributed by atoms with van der Waals surface area (Å²) in [5, 5.41) is 11.4. The summed E-state index contributed by atoms with van der Waals surface area (Å²) in [6, 6.07) is 23.9. The van der Waals surface area contributed by atoms with Gasteiger partial charge in [0, 0.05) is 30.3 Å². The van der Waals surface area contributed by atoms with Gasteiger partial charge in [-0.3, -0.25) is 14.4 Å². The van der Waals surface area contributed by atoms with Crippen molar-refractivity contribution in [3.05, 3.63) is 126 Å². The van der Waals surface area contributed by atoms with Gasteiger partial charge in [0.25, 0.3) is 5.91 Å². The molecule has 0 aliphatic carbocycles. The van der Waals surface area contributed by atoms with E-state index in [-0.39, 0.29) is 30.8 Å². The van der Waals surface area contributed by atoms with Gasteiger partial charge in [0.05, 0.1) is 30.1 Å². The SMILES string of the molecule is C=CCN(Cc1ccccc1)C(=O)[C@@H]1[C@H]2C(=O)N([C@H](CO)c3ccccc3)C(C(=O)N(CC=C)c3ccc(Cl)cc3)C23CC[C@@]1(CC)O3. The molecule has 250 valence electrons. The molecule has 0 radical (unpaired) electrons. The third-order valence-corrected chi connectivity index (χ3v) is 10.7. The third-order valence-electron chi connectivity index (χ3n) is 10.4. The van der Waals surface area contributed by atoms with Crippen LogP contribution in [-0.4, -0.2) is 69.6 Å². The summed E-state index contributed by atoms with van der Waals surface area (Å²) in [7, 11) is 0. The molecule has 3 heterocycles. The number of likely N-dealkylation sites (tertiary alicyclic amines) is 1. The van der Waals surface area contributed by atoms with E-state index in [1.165, 1.54) is 4.90 Å². The smallest absolute Gasteiger partial charge is 0.253 e. The first kappa shape index (κ1) is 33.7. The number of amides is 3. The Morgan fingerprint density at radius 2 is 1.62 bits per heavy atom. The molecule has 1 spiro atoms. The van der Waals surface area contributed by atoms with Crippen LogP contribution >= 0.6 is 11.6 Å². The molecule has 6 atom stereocenters. The Kier molecular flexibility index (Phi) is 9.61. The van der Waals surface area contributed by atoms with E-state index in [2.05, 4.69) is 13.2 Å². The molecule has 2 bridgehead atoms. The van der Waals surface area contributed by atoms with E-state index >= 15 is 9.59 Å². The van der Waals surface area contributed by atoms with Crippen LogP contribution in [0.4, 0.5) is 5.69 Å². The first-order valence-corrected chi connectivity index (χ1v) is 16.9. The van der Waals surface area contributed by atoms with Crippen molar-refractivity contribution in [2.75, 3.05) is 24.6 Å². The summed E-state index contributed by atoms with van der Waals surface area (Å²) >= 11 is 6.20. The summed E-state index contributed by atoms with van der Waals surface area (Å²) in [6.07, 6.45) is 4.76. The van der Waals surface area contributed by atoms with Gasteiger partial charge in [-0.05, 0) is 54.7 Å². The standard InChI is InChI=1S/C39H42ClN3O5/c1-4-23-41(25-27-13-9-7-10-14-27)35(45)32-33-36(46)43(31(26-44)28-15-11-8-12-16-28)34(39(33)22-21-38(32,6-3)48-39)37(47)42(24-5-2)30-19-17-29(40)18-20-30/h4-5,7-20,31-34,44H,1-2,6,21-26H2,3H3/t31-,32+,33+,34?,38-,39?/m1/s1. The number of hydrogen-bond acceptors (Lipinski definition) is 5. The Morgan fingerprint density at radius 3 is 2.23 bits per heavy atom. The number of rotatable bonds is 13. The fraction of sp³-hybridized carbons (Fsp3) is 0.359. The highest BCUT2D eigenvalue weighted by molar-refractivity contribution is 6.30. The van der Waals surface area contributed by atoms with Gasteiger partial charge in [0.2, 0.25) is 11.8 Å². The zero-order chi connectivity index (χ0) is 34.1. The molecule has 3 aromatic rings. The van der Waals surface area contributed by atoms with Crippen LogP contribution in [0.25, 0.3) is 0 Å². The molecule has 3 aliphatic heterocycles. The Labute approximate surface area is 287 Å². The Hall–Kier alpha value is -4.24. The first-order chi connectivity index (χ1) is 23.2. The average Bonchev–Trinajstić information content (AvgIpc) is 3.72. The first-order valence-electron chi connectivity index (χ1n) is 16.5. The maximum absolute atomic E-state index is 15.1. The van der Waals surface area contributed by atoms with Crippen LogP contribution in [0.15, 0.2) is 110 Å². The lowest BCUT2D eigenvalue weighted by molar-refractivity contribution is -0.154. The van der Waals surface area contributed by atoms with Crippen molar-refractivity contribution in [2.24, 2.45) is 11.8 Å². The summed E-state index contributed by atoms with van der Waals surface area (Å²) in [5.41, 5.74) is 0.0114. The second-order valence-electron chi connectivity index (χ2n) is 12.9. The molecule has 0 aromatic heterocycles. The maximum atomic E-state index is 15.1. The molecule has 3 aliphatic rings. The summed E-state index contributed by atoms with van der Waals surface area (Å²) < 4.78 is 7.07. The van der Waals surface area contributed by atoms with Crippen molar-refractivity contribution in [2.45, 2.75) is 56.0 Å². The van der Waals surface area contributed by atoms with Crippen LogP contribution in [0.2, 0.25) is 5.02 Å². The molecule has 1 N–H and O–H groups in total. The number of anilines is 1. The van der Waals surface area contributed by atoms with Gasteiger partial charge in [0.15, 0.2) is 0 Å². The van der Waals surface area contributed by atoms with E-state index in [4.69, 9.17) is 16.3 Å². The van der Waals surface area contributed by atoms with Crippen LogP contribution in [-0.2, 0) is 25.7 Å². The normalized spacial score (nSPS) is 26.2. The van der Waals surface area contributed by atoms with Crippen molar-refractivity contribution in [1.29, 1.82) is 0 Å². The highest BCUT2D eigenvalue weighted by Gasteiger charge is 2.79. The van der Waals surface area contributed by atoms with E-state index in [0.717, 1.165) is 5.56 Å². The highest BCUT2D eigenvalue weighted by atomic mass is 35.5. The predicted octanol–water partition coefficient (Wildman–Crippen LogP) is 5.96. The van der Waals surface area contributed by atoms with Gasteiger partial charge in [0.1, 0.15) is 11.6 Å². The van der Waals surface area contributed by atoms with Crippen LogP contribution in [0, 0.1) is 11.8 Å². The van der Waals surface area contributed by atoms with Crippen molar-refractivity contribution in [3.63, 3.8) is 0 Å². The number of aliphatic hydroxyl groups excluding tert-OH is 1. The zero-order valence-electron chi connectivity index (χ0n) is 27.2. The fourth-order valence-corrected chi connectivity index (χ4v) is 8.41. The van der Waals surface area contributed by atoms with Gasteiger partial charge >= 0.3 is 0 Å². The van der Waals surface area contributed by atoms with Gasteiger partial charge in [-0.15, -0.1) is 13.2 Å². The number of fused-ring (bicyclic) bond motifs is 1. The molecule has 6 rings (SSSR count). The maximum Gasteiger partial charge on any atom is 0.253 e. The van der Waals surface area contributed by atoms with Crippen molar-refractivity contribution < 1.29 is 24.2 Å². The lowest BCUT2D eigenvalue weighted by Crippen LogP contribution is -2.57. The zero-order valence-corrected chi connectivity index (χ0v) is 28.0. The number of halogens is 1. The predicted molar refractivity (Wildman–Crippen MR) is 186 cm³/mol. The number of carbonyl (C=O) groups is 3. The van der Waals surface area contributed by atoms with Crippen LogP contribution in [0.1, 0.15) is 43.4 Å². The van der Waals surface area contributed by atoms with Gasteiger partial charge in [-0.25, -0.2) is 0 Å². The Bertz CT molecular complexity index is 1670. The van der Waals surface area contributed by atoms with Crippen molar-refractivity contribution in [1.82, 2.24) is 9.80 Å². The minimum Gasteiger partial charge on any atom is -0.394 e. The third kappa shape index (κ3) is 5.55. The second-order valence-corrected chi connectivity index (χ2v) is 13.3. The molecule has 3 fully saturated rings. The summed E-state index contributed by atoms with van der Waals surface area (Å²) in [5.74, 6) is -2.68. The average molecular weight is 668 g/mol. The molecule has 0 saturated carbocycles. The summed E-state index contributed by atoms with van der Waals surface area (Å²) in [4.78, 5) is 49.8. The molecule has 3 saturated heterocycles. The monoisotopic (exact) mass is 667 g/mol.